The number of hydrogen-bond donors (Lipinski definition) is 1. The zero-order valence-electron chi connectivity index (χ0n) is 12.6. The highest BCUT2D eigenvalue weighted by atomic mass is 16.6. The first kappa shape index (κ1) is 14.7. The molecule has 116 valence electrons. The van der Waals surface area contributed by atoms with E-state index in [9.17, 15) is 10.1 Å². The number of benzene rings is 1. The Morgan fingerprint density at radius 2 is 2.27 bits per heavy atom. The topological polar surface area (TPSA) is 85.3 Å². The van der Waals surface area contributed by atoms with Gasteiger partial charge in [0.25, 0.3) is 0 Å². The molecule has 1 aromatic heterocycles. The van der Waals surface area contributed by atoms with Gasteiger partial charge < -0.3 is 10.6 Å². The Labute approximate surface area is 129 Å². The van der Waals surface area contributed by atoms with Crippen molar-refractivity contribution in [2.45, 2.75) is 25.8 Å². The van der Waals surface area contributed by atoms with Crippen LogP contribution in [0.15, 0.2) is 30.5 Å². The van der Waals surface area contributed by atoms with E-state index in [0.717, 1.165) is 25.9 Å². The number of aromatic nitrogens is 1. The predicted octanol–water partition coefficient (Wildman–Crippen LogP) is 2.71. The largest absolute Gasteiger partial charge is 0.366 e. The average molecular weight is 300 g/mol. The molecule has 0 spiro atoms. The molecule has 6 heteroatoms. The Morgan fingerprint density at radius 3 is 3.00 bits per heavy atom. The van der Waals surface area contributed by atoms with Crippen LogP contribution < -0.4 is 10.6 Å². The van der Waals surface area contributed by atoms with Crippen molar-refractivity contribution in [1.29, 1.82) is 0 Å². The molecule has 1 aliphatic heterocycles. The maximum absolute atomic E-state index is 11.6. The molecule has 6 nitrogen and oxygen atoms in total. The lowest BCUT2D eigenvalue weighted by molar-refractivity contribution is -0.382. The Morgan fingerprint density at radius 1 is 1.45 bits per heavy atom. The number of nitrogens with two attached hydrogens (primary N) is 1. The molecule has 2 aromatic rings. The molecule has 0 amide bonds. The second-order valence-corrected chi connectivity index (χ2v) is 5.97. The number of nitrogens with zero attached hydrogens (tertiary/aromatic N) is 3. The summed E-state index contributed by atoms with van der Waals surface area (Å²) in [5.41, 5.74) is 7.50. The molecule has 2 N–H and O–H groups in total. The minimum atomic E-state index is -0.297. The van der Waals surface area contributed by atoms with Crippen LogP contribution in [0.25, 0.3) is 10.9 Å². The minimum absolute atomic E-state index is 0.101. The molecule has 1 fully saturated rings. The highest BCUT2D eigenvalue weighted by Crippen LogP contribution is 2.37. The summed E-state index contributed by atoms with van der Waals surface area (Å²) < 4.78 is 0. The van der Waals surface area contributed by atoms with Crippen molar-refractivity contribution in [1.82, 2.24) is 4.98 Å². The normalized spacial score (nSPS) is 20.1. The smallest absolute Gasteiger partial charge is 0.301 e. The van der Waals surface area contributed by atoms with Crippen LogP contribution in [0.5, 0.6) is 0 Å². The molecule has 0 aliphatic carbocycles. The lowest BCUT2D eigenvalue weighted by atomic mass is 9.91. The van der Waals surface area contributed by atoms with Crippen LogP contribution in [-0.2, 0) is 0 Å². The third-order valence-corrected chi connectivity index (χ3v) is 4.46. The number of fused-ring (bicyclic) bond motifs is 1. The quantitative estimate of drug-likeness (QED) is 0.696. The van der Waals surface area contributed by atoms with Gasteiger partial charge in [-0.15, -0.1) is 0 Å². The van der Waals surface area contributed by atoms with Crippen LogP contribution in [0.4, 0.5) is 11.4 Å². The predicted molar refractivity (Wildman–Crippen MR) is 87.0 cm³/mol. The van der Waals surface area contributed by atoms with Gasteiger partial charge in [0.1, 0.15) is 5.69 Å². The lowest BCUT2D eigenvalue weighted by Crippen LogP contribution is -2.42. The van der Waals surface area contributed by atoms with E-state index in [4.69, 9.17) is 5.73 Å². The number of anilines is 1. The van der Waals surface area contributed by atoms with Crippen molar-refractivity contribution in [2.24, 2.45) is 11.7 Å². The number of rotatable bonds is 3. The molecule has 1 aromatic carbocycles. The molecule has 0 radical (unpaired) electrons. The van der Waals surface area contributed by atoms with Gasteiger partial charge in [-0.05, 0) is 49.9 Å². The van der Waals surface area contributed by atoms with Crippen LogP contribution in [0.3, 0.4) is 0 Å². The van der Waals surface area contributed by atoms with Crippen molar-refractivity contribution in [3.05, 3.63) is 40.6 Å². The Bertz CT molecular complexity index is 702. The highest BCUT2D eigenvalue weighted by Gasteiger charge is 2.28. The fourth-order valence-electron chi connectivity index (χ4n) is 3.23. The second kappa shape index (κ2) is 5.88. The van der Waals surface area contributed by atoms with E-state index in [0.29, 0.717) is 22.5 Å². The fraction of sp³-hybridized carbons (Fsp3) is 0.438. The molecule has 2 heterocycles. The van der Waals surface area contributed by atoms with E-state index >= 15 is 0 Å². The van der Waals surface area contributed by atoms with Gasteiger partial charge in [-0.25, -0.2) is 0 Å². The first-order chi connectivity index (χ1) is 10.6. The molecular formula is C16H20N4O2. The standard InChI is InChI=1S/C16H20N4O2/c1-11(17)12-4-3-9-19(10-12)15-7-6-14-13(5-2-8-18-14)16(15)20(21)22/h2,5-8,11-12H,3-4,9-10,17H2,1H3. The number of piperidine rings is 1. The molecule has 1 saturated heterocycles. The van der Waals surface area contributed by atoms with Gasteiger partial charge in [-0.2, -0.15) is 0 Å². The van der Waals surface area contributed by atoms with Crippen molar-refractivity contribution >= 4 is 22.3 Å². The monoisotopic (exact) mass is 300 g/mol. The molecule has 22 heavy (non-hydrogen) atoms. The first-order valence-corrected chi connectivity index (χ1v) is 7.60. The molecule has 2 atom stereocenters. The third-order valence-electron chi connectivity index (χ3n) is 4.46. The number of nitro groups is 1. The Hall–Kier alpha value is -2.21. The van der Waals surface area contributed by atoms with Crippen LogP contribution in [0.1, 0.15) is 19.8 Å². The maximum Gasteiger partial charge on any atom is 0.301 e. The Kier molecular flexibility index (Phi) is 3.94. The minimum Gasteiger partial charge on any atom is -0.366 e. The van der Waals surface area contributed by atoms with E-state index in [-0.39, 0.29) is 16.7 Å². The van der Waals surface area contributed by atoms with Crippen LogP contribution in [0.2, 0.25) is 0 Å². The van der Waals surface area contributed by atoms with Crippen molar-refractivity contribution < 1.29 is 4.92 Å². The maximum atomic E-state index is 11.6. The van der Waals surface area contributed by atoms with E-state index in [2.05, 4.69) is 9.88 Å². The number of pyridine rings is 1. The summed E-state index contributed by atoms with van der Waals surface area (Å²) in [5, 5.41) is 12.2. The van der Waals surface area contributed by atoms with Gasteiger partial charge in [-0.3, -0.25) is 15.1 Å². The van der Waals surface area contributed by atoms with Gasteiger partial charge in [0.05, 0.1) is 15.8 Å². The highest BCUT2D eigenvalue weighted by molar-refractivity contribution is 5.94. The van der Waals surface area contributed by atoms with Gasteiger partial charge in [0.2, 0.25) is 0 Å². The Balaban J connectivity index is 2.06. The van der Waals surface area contributed by atoms with E-state index < -0.39 is 0 Å². The summed E-state index contributed by atoms with van der Waals surface area (Å²) in [6.45, 7) is 3.60. The van der Waals surface area contributed by atoms with Crippen LogP contribution in [0, 0.1) is 16.0 Å². The zero-order valence-corrected chi connectivity index (χ0v) is 12.6. The van der Waals surface area contributed by atoms with Crippen molar-refractivity contribution in [3.63, 3.8) is 0 Å². The van der Waals surface area contributed by atoms with Crippen LogP contribution in [-0.4, -0.2) is 29.0 Å². The summed E-state index contributed by atoms with van der Waals surface area (Å²) in [6.07, 6.45) is 3.74. The van der Waals surface area contributed by atoms with Gasteiger partial charge >= 0.3 is 5.69 Å². The summed E-state index contributed by atoms with van der Waals surface area (Å²) in [7, 11) is 0. The summed E-state index contributed by atoms with van der Waals surface area (Å²) in [4.78, 5) is 17.6. The fourth-order valence-corrected chi connectivity index (χ4v) is 3.23. The third kappa shape index (κ3) is 2.62. The molecule has 3 rings (SSSR count). The van der Waals surface area contributed by atoms with E-state index in [1.54, 1.807) is 18.3 Å². The molecule has 0 bridgehead atoms. The molecule has 2 unspecified atom stereocenters. The van der Waals surface area contributed by atoms with Gasteiger partial charge in [-0.1, -0.05) is 0 Å². The van der Waals surface area contributed by atoms with E-state index in [1.165, 1.54) is 0 Å². The summed E-state index contributed by atoms with van der Waals surface area (Å²) in [6, 6.07) is 7.27. The molecule has 0 saturated carbocycles. The number of hydrogen-bond acceptors (Lipinski definition) is 5. The van der Waals surface area contributed by atoms with Gasteiger partial charge in [0, 0.05) is 25.3 Å². The van der Waals surface area contributed by atoms with Crippen molar-refractivity contribution in [3.8, 4) is 0 Å². The molecule has 1 aliphatic rings. The van der Waals surface area contributed by atoms with Gasteiger partial charge in [0.15, 0.2) is 0 Å². The summed E-state index contributed by atoms with van der Waals surface area (Å²) >= 11 is 0. The zero-order chi connectivity index (χ0) is 15.7. The number of nitro benzene ring substituents is 1. The first-order valence-electron chi connectivity index (χ1n) is 7.60. The SMILES string of the molecule is CC(N)C1CCCN(c2ccc3ncccc3c2[N+](=O)[O-])C1. The summed E-state index contributed by atoms with van der Waals surface area (Å²) in [5.74, 6) is 0.373. The van der Waals surface area contributed by atoms with Crippen LogP contribution >= 0.6 is 0 Å². The van der Waals surface area contributed by atoms with Crippen molar-refractivity contribution in [2.75, 3.05) is 18.0 Å². The molecular weight excluding hydrogens is 280 g/mol. The lowest BCUT2D eigenvalue weighted by Gasteiger charge is -2.35. The van der Waals surface area contributed by atoms with E-state index in [1.807, 2.05) is 19.1 Å². The second-order valence-electron chi connectivity index (χ2n) is 5.97. The average Bonchev–Trinajstić information content (AvgIpc) is 2.53.